The van der Waals surface area contributed by atoms with Gasteiger partial charge >= 0.3 is 0 Å². The molecule has 5 nitrogen and oxygen atoms in total. The third kappa shape index (κ3) is 3.08. The molecule has 2 aromatic rings. The van der Waals surface area contributed by atoms with Crippen LogP contribution < -0.4 is 4.74 Å². The first kappa shape index (κ1) is 14.9. The average molecular weight is 303 g/mol. The van der Waals surface area contributed by atoms with E-state index in [1.54, 1.807) is 19.2 Å². The van der Waals surface area contributed by atoms with Crippen molar-refractivity contribution in [1.82, 2.24) is 14.9 Å². The summed E-state index contributed by atoms with van der Waals surface area (Å²) in [5.41, 5.74) is 2.69. The number of β-amino-alcohol motifs (C(OH)–C–C–N with tert-alkyl or cyclic N) is 1. The van der Waals surface area contributed by atoms with E-state index in [-0.39, 0.29) is 5.82 Å². The Hall–Kier alpha value is -2.05. The first-order valence-corrected chi connectivity index (χ1v) is 7.20. The molecular weight excluding hydrogens is 285 g/mol. The van der Waals surface area contributed by atoms with Gasteiger partial charge in [0.1, 0.15) is 12.1 Å². The van der Waals surface area contributed by atoms with Crippen LogP contribution in [-0.4, -0.2) is 40.2 Å². The predicted molar refractivity (Wildman–Crippen MR) is 78.9 cm³/mol. The summed E-state index contributed by atoms with van der Waals surface area (Å²) in [7, 11) is 1.59. The van der Waals surface area contributed by atoms with E-state index >= 15 is 0 Å². The van der Waals surface area contributed by atoms with Gasteiger partial charge in [0, 0.05) is 31.6 Å². The highest BCUT2D eigenvalue weighted by Crippen LogP contribution is 2.25. The van der Waals surface area contributed by atoms with E-state index in [1.807, 2.05) is 0 Å². The highest BCUT2D eigenvalue weighted by molar-refractivity contribution is 5.31. The summed E-state index contributed by atoms with van der Waals surface area (Å²) in [5, 5.41) is 10.3. The number of hydrogen-bond donors (Lipinski definition) is 1. The van der Waals surface area contributed by atoms with Crippen LogP contribution in [0.25, 0.3) is 0 Å². The second-order valence-electron chi connectivity index (χ2n) is 5.36. The van der Waals surface area contributed by atoms with Gasteiger partial charge in [-0.15, -0.1) is 0 Å². The molecule has 1 aromatic heterocycles. The van der Waals surface area contributed by atoms with Crippen LogP contribution in [0, 0.1) is 5.82 Å². The molecule has 0 radical (unpaired) electrons. The minimum absolute atomic E-state index is 0.301. The number of aliphatic hydroxyl groups excluding tert-OH is 1. The SMILES string of the molecule is COc1ncnc2c1CN(C[C@H](O)c1ccc(F)cc1)CC2. The van der Waals surface area contributed by atoms with Crippen molar-refractivity contribution in [3.05, 3.63) is 53.2 Å². The molecule has 3 rings (SSSR count). The Morgan fingerprint density at radius 2 is 2.09 bits per heavy atom. The lowest BCUT2D eigenvalue weighted by Gasteiger charge is -2.30. The smallest absolute Gasteiger partial charge is 0.220 e. The molecule has 0 fully saturated rings. The number of aliphatic hydroxyl groups is 1. The lowest BCUT2D eigenvalue weighted by atomic mass is 10.0. The van der Waals surface area contributed by atoms with Crippen molar-refractivity contribution in [3.63, 3.8) is 0 Å². The number of ether oxygens (including phenoxy) is 1. The molecule has 1 atom stereocenters. The van der Waals surface area contributed by atoms with Gasteiger partial charge in [0.05, 0.1) is 18.9 Å². The Bertz CT molecular complexity index is 634. The Morgan fingerprint density at radius 3 is 2.82 bits per heavy atom. The third-order valence-electron chi connectivity index (χ3n) is 3.92. The maximum absolute atomic E-state index is 12.9. The van der Waals surface area contributed by atoms with E-state index < -0.39 is 6.10 Å². The lowest BCUT2D eigenvalue weighted by molar-refractivity contribution is 0.104. The fourth-order valence-corrected chi connectivity index (χ4v) is 2.74. The highest BCUT2D eigenvalue weighted by atomic mass is 19.1. The molecule has 0 saturated carbocycles. The largest absolute Gasteiger partial charge is 0.481 e. The zero-order chi connectivity index (χ0) is 15.5. The molecule has 116 valence electrons. The topological polar surface area (TPSA) is 58.5 Å². The highest BCUT2D eigenvalue weighted by Gasteiger charge is 2.23. The zero-order valence-corrected chi connectivity index (χ0v) is 12.4. The molecule has 1 aliphatic rings. The van der Waals surface area contributed by atoms with Gasteiger partial charge in [-0.1, -0.05) is 12.1 Å². The van der Waals surface area contributed by atoms with E-state index in [4.69, 9.17) is 4.74 Å². The van der Waals surface area contributed by atoms with E-state index in [0.29, 0.717) is 24.5 Å². The molecule has 0 bridgehead atoms. The van der Waals surface area contributed by atoms with Crippen LogP contribution in [0.2, 0.25) is 0 Å². The van der Waals surface area contributed by atoms with Gasteiger partial charge < -0.3 is 9.84 Å². The Kier molecular flexibility index (Phi) is 4.31. The normalized spacial score (nSPS) is 16.1. The van der Waals surface area contributed by atoms with Crippen LogP contribution in [0.15, 0.2) is 30.6 Å². The van der Waals surface area contributed by atoms with Gasteiger partial charge in [-0.3, -0.25) is 4.90 Å². The van der Waals surface area contributed by atoms with Gasteiger partial charge in [0.2, 0.25) is 5.88 Å². The molecule has 0 aliphatic carbocycles. The van der Waals surface area contributed by atoms with Gasteiger partial charge in [-0.2, -0.15) is 0 Å². The minimum atomic E-state index is -0.655. The van der Waals surface area contributed by atoms with Gasteiger partial charge in [0.15, 0.2) is 0 Å². The van der Waals surface area contributed by atoms with Gasteiger partial charge in [-0.05, 0) is 17.7 Å². The van der Waals surface area contributed by atoms with Crippen LogP contribution >= 0.6 is 0 Å². The van der Waals surface area contributed by atoms with E-state index in [2.05, 4.69) is 14.9 Å². The Labute approximate surface area is 128 Å². The number of rotatable bonds is 4. The third-order valence-corrected chi connectivity index (χ3v) is 3.92. The molecule has 1 aromatic carbocycles. The van der Waals surface area contributed by atoms with Crippen molar-refractivity contribution in [2.75, 3.05) is 20.2 Å². The van der Waals surface area contributed by atoms with Crippen LogP contribution in [0.3, 0.4) is 0 Å². The van der Waals surface area contributed by atoms with Crippen molar-refractivity contribution in [3.8, 4) is 5.88 Å². The van der Waals surface area contributed by atoms with E-state index in [1.165, 1.54) is 18.5 Å². The summed E-state index contributed by atoms with van der Waals surface area (Å²) in [6, 6.07) is 5.95. The maximum Gasteiger partial charge on any atom is 0.220 e. The summed E-state index contributed by atoms with van der Waals surface area (Å²) in [4.78, 5) is 10.5. The monoisotopic (exact) mass is 303 g/mol. The number of halogens is 1. The van der Waals surface area contributed by atoms with Crippen molar-refractivity contribution in [2.45, 2.75) is 19.1 Å². The molecule has 1 N–H and O–H groups in total. The van der Waals surface area contributed by atoms with E-state index in [0.717, 1.165) is 24.2 Å². The number of hydrogen-bond acceptors (Lipinski definition) is 5. The molecule has 0 spiro atoms. The summed E-state index contributed by atoms with van der Waals surface area (Å²) < 4.78 is 18.2. The average Bonchev–Trinajstić information content (AvgIpc) is 2.54. The number of aromatic nitrogens is 2. The lowest BCUT2D eigenvalue weighted by Crippen LogP contribution is -2.34. The first-order chi connectivity index (χ1) is 10.7. The second-order valence-corrected chi connectivity index (χ2v) is 5.36. The summed E-state index contributed by atoms with van der Waals surface area (Å²) in [6.07, 6.45) is 1.66. The van der Waals surface area contributed by atoms with Crippen molar-refractivity contribution in [1.29, 1.82) is 0 Å². The molecule has 0 amide bonds. The van der Waals surface area contributed by atoms with Crippen LogP contribution in [0.1, 0.15) is 22.9 Å². The zero-order valence-electron chi connectivity index (χ0n) is 12.4. The maximum atomic E-state index is 12.9. The van der Waals surface area contributed by atoms with Crippen molar-refractivity contribution < 1.29 is 14.2 Å². The van der Waals surface area contributed by atoms with Crippen molar-refractivity contribution in [2.24, 2.45) is 0 Å². The molecule has 0 unspecified atom stereocenters. The number of fused-ring (bicyclic) bond motifs is 1. The molecule has 0 saturated heterocycles. The predicted octanol–water partition coefficient (Wildman–Crippen LogP) is 1.72. The number of nitrogens with zero attached hydrogens (tertiary/aromatic N) is 3. The van der Waals surface area contributed by atoms with Crippen LogP contribution in [0.4, 0.5) is 4.39 Å². The molecule has 1 aliphatic heterocycles. The fourth-order valence-electron chi connectivity index (χ4n) is 2.74. The molecule has 2 heterocycles. The fraction of sp³-hybridized carbons (Fsp3) is 0.375. The summed E-state index contributed by atoms with van der Waals surface area (Å²) >= 11 is 0. The molecular formula is C16H18FN3O2. The second kappa shape index (κ2) is 6.37. The first-order valence-electron chi connectivity index (χ1n) is 7.20. The molecule has 6 heteroatoms. The standard InChI is InChI=1S/C16H18FN3O2/c1-22-16-13-8-20(7-6-14(13)18-10-19-16)9-15(21)11-2-4-12(17)5-3-11/h2-5,10,15,21H,6-9H2,1H3/t15-/m0/s1. The van der Waals surface area contributed by atoms with Gasteiger partial charge in [-0.25, -0.2) is 14.4 Å². The summed E-state index contributed by atoms with van der Waals surface area (Å²) in [5.74, 6) is 0.288. The van der Waals surface area contributed by atoms with Crippen LogP contribution in [-0.2, 0) is 13.0 Å². The number of benzene rings is 1. The number of methoxy groups -OCH3 is 1. The Balaban J connectivity index is 1.71. The summed E-state index contributed by atoms with van der Waals surface area (Å²) in [6.45, 7) is 1.92. The quantitative estimate of drug-likeness (QED) is 0.932. The molecule has 22 heavy (non-hydrogen) atoms. The van der Waals surface area contributed by atoms with E-state index in [9.17, 15) is 9.50 Å². The Morgan fingerprint density at radius 1 is 1.32 bits per heavy atom. The van der Waals surface area contributed by atoms with Crippen molar-refractivity contribution >= 4 is 0 Å². The van der Waals surface area contributed by atoms with Crippen LogP contribution in [0.5, 0.6) is 5.88 Å². The van der Waals surface area contributed by atoms with Gasteiger partial charge in [0.25, 0.3) is 0 Å². The minimum Gasteiger partial charge on any atom is -0.481 e.